The average molecular weight is 275 g/mol. The van der Waals surface area contributed by atoms with Gasteiger partial charge in [-0.2, -0.15) is 0 Å². The van der Waals surface area contributed by atoms with Crippen LogP contribution in [-0.2, 0) is 6.42 Å². The summed E-state index contributed by atoms with van der Waals surface area (Å²) in [4.78, 5) is 14.6. The Labute approximate surface area is 123 Å². The summed E-state index contributed by atoms with van der Waals surface area (Å²) in [5.41, 5.74) is 4.99. The van der Waals surface area contributed by atoms with Crippen molar-refractivity contribution in [2.45, 2.75) is 12.8 Å². The van der Waals surface area contributed by atoms with E-state index in [4.69, 9.17) is 11.7 Å². The fourth-order valence-corrected chi connectivity index (χ4v) is 2.68. The van der Waals surface area contributed by atoms with Gasteiger partial charge >= 0.3 is 5.97 Å². The molecule has 0 heterocycles. The molecule has 0 fully saturated rings. The third kappa shape index (κ3) is 2.44. The quantitative estimate of drug-likeness (QED) is 0.829. The molecule has 0 aromatic heterocycles. The molecule has 3 nitrogen and oxygen atoms in total. The second-order valence-electron chi connectivity index (χ2n) is 5.00. The van der Waals surface area contributed by atoms with Gasteiger partial charge in [0.15, 0.2) is 5.69 Å². The van der Waals surface area contributed by atoms with Gasteiger partial charge in [0, 0.05) is 0 Å². The number of carboxylic acids is 1. The summed E-state index contributed by atoms with van der Waals surface area (Å²) in [6.45, 7) is 7.12. The summed E-state index contributed by atoms with van der Waals surface area (Å²) >= 11 is 0. The third-order valence-electron chi connectivity index (χ3n) is 3.70. The van der Waals surface area contributed by atoms with E-state index in [2.05, 4.69) is 10.9 Å². The molecule has 1 aliphatic rings. The zero-order valence-electron chi connectivity index (χ0n) is 11.3. The van der Waals surface area contributed by atoms with Gasteiger partial charge in [0.05, 0.1) is 12.1 Å². The Bertz CT molecular complexity index is 797. The molecule has 102 valence electrons. The molecular weight excluding hydrogens is 262 g/mol. The summed E-state index contributed by atoms with van der Waals surface area (Å²) in [5, 5.41) is 9.17. The molecule has 0 spiro atoms. The normalized spacial score (nSPS) is 13.0. The molecule has 3 heteroatoms. The first-order valence-electron chi connectivity index (χ1n) is 6.73. The summed E-state index contributed by atoms with van der Waals surface area (Å²) in [5.74, 6) is -0.919. The fraction of sp³-hybridized carbons (Fsp3) is 0.111. The molecule has 0 bridgehead atoms. The van der Waals surface area contributed by atoms with Gasteiger partial charge in [0.25, 0.3) is 0 Å². The van der Waals surface area contributed by atoms with E-state index < -0.39 is 5.97 Å². The van der Waals surface area contributed by atoms with Crippen molar-refractivity contribution in [3.05, 3.63) is 82.2 Å². The van der Waals surface area contributed by atoms with E-state index in [1.54, 1.807) is 18.2 Å². The predicted molar refractivity (Wildman–Crippen MR) is 81.5 cm³/mol. The maximum atomic E-state index is 11.2. The third-order valence-corrected chi connectivity index (χ3v) is 3.70. The molecule has 0 radical (unpaired) electrons. The van der Waals surface area contributed by atoms with Gasteiger partial charge in [-0.05, 0) is 53.3 Å². The number of aryl methyl sites for hydroxylation is 1. The molecule has 2 aromatic carbocycles. The zero-order valence-corrected chi connectivity index (χ0v) is 11.3. The number of nitrogens with zero attached hydrogens (tertiary/aromatic N) is 1. The van der Waals surface area contributed by atoms with Crippen LogP contribution in [0.25, 0.3) is 10.4 Å². The molecule has 0 saturated heterocycles. The minimum Gasteiger partial charge on any atom is -0.478 e. The lowest BCUT2D eigenvalue weighted by molar-refractivity contribution is 0.0697. The van der Waals surface area contributed by atoms with Gasteiger partial charge in [0.1, 0.15) is 0 Å². The fourth-order valence-electron chi connectivity index (χ4n) is 2.68. The van der Waals surface area contributed by atoms with Crippen molar-refractivity contribution in [2.75, 3.05) is 0 Å². The Morgan fingerprint density at radius 3 is 2.81 bits per heavy atom. The van der Waals surface area contributed by atoms with E-state index in [0.29, 0.717) is 11.3 Å². The maximum Gasteiger partial charge on any atom is 0.335 e. The average Bonchev–Trinajstić information content (AvgIpc) is 2.53. The summed E-state index contributed by atoms with van der Waals surface area (Å²) in [6, 6.07) is 12.7. The number of aromatic carboxylic acids is 1. The van der Waals surface area contributed by atoms with Crippen LogP contribution in [0.1, 0.15) is 33.5 Å². The monoisotopic (exact) mass is 275 g/mol. The molecule has 0 amide bonds. The van der Waals surface area contributed by atoms with E-state index in [0.717, 1.165) is 35.1 Å². The molecule has 0 atom stereocenters. The van der Waals surface area contributed by atoms with E-state index in [9.17, 15) is 4.79 Å². The maximum absolute atomic E-state index is 11.2. The number of carbonyl (C=O) groups is 1. The Morgan fingerprint density at radius 1 is 1.19 bits per heavy atom. The van der Waals surface area contributed by atoms with Gasteiger partial charge < -0.3 is 5.11 Å². The van der Waals surface area contributed by atoms with Crippen molar-refractivity contribution in [3.8, 4) is 0 Å². The number of rotatable bonds is 2. The van der Waals surface area contributed by atoms with Crippen LogP contribution in [0.15, 0.2) is 48.5 Å². The van der Waals surface area contributed by atoms with Gasteiger partial charge in [-0.15, -0.1) is 0 Å². The first-order valence-corrected chi connectivity index (χ1v) is 6.73. The number of hydrogen-bond donors (Lipinski definition) is 1. The Morgan fingerprint density at radius 2 is 2.05 bits per heavy atom. The lowest BCUT2D eigenvalue weighted by Crippen LogP contribution is -2.04. The van der Waals surface area contributed by atoms with Crippen LogP contribution in [0.5, 0.6) is 0 Å². The zero-order chi connectivity index (χ0) is 14.8. The van der Waals surface area contributed by atoms with E-state index in [1.165, 1.54) is 0 Å². The second kappa shape index (κ2) is 5.26. The number of allylic oxidation sites excluding steroid dienone is 1. The summed E-state index contributed by atoms with van der Waals surface area (Å²) < 4.78 is 0. The molecule has 1 N–H and O–H groups in total. The largest absolute Gasteiger partial charge is 0.478 e. The molecule has 0 unspecified atom stereocenters. The van der Waals surface area contributed by atoms with Crippen molar-refractivity contribution < 1.29 is 9.90 Å². The number of carboxylic acid groups (broad SMARTS) is 1. The van der Waals surface area contributed by atoms with Gasteiger partial charge in [-0.25, -0.2) is 9.64 Å². The van der Waals surface area contributed by atoms with E-state index in [-0.39, 0.29) is 0 Å². The van der Waals surface area contributed by atoms with Gasteiger partial charge in [-0.1, -0.05) is 30.3 Å². The van der Waals surface area contributed by atoms with Crippen LogP contribution in [0.3, 0.4) is 0 Å². The van der Waals surface area contributed by atoms with E-state index >= 15 is 0 Å². The summed E-state index contributed by atoms with van der Waals surface area (Å²) in [6.07, 6.45) is 3.97. The van der Waals surface area contributed by atoms with Crippen molar-refractivity contribution in [3.63, 3.8) is 0 Å². The highest BCUT2D eigenvalue weighted by Crippen LogP contribution is 2.33. The minimum atomic E-state index is -0.919. The van der Waals surface area contributed by atoms with Crippen molar-refractivity contribution in [2.24, 2.45) is 0 Å². The van der Waals surface area contributed by atoms with Crippen molar-refractivity contribution >= 4 is 17.2 Å². The van der Waals surface area contributed by atoms with Gasteiger partial charge in [-0.3, -0.25) is 0 Å². The number of benzene rings is 2. The number of hydrogen-bond acceptors (Lipinski definition) is 1. The molecular formula is C18H13NO2. The molecule has 1 aliphatic carbocycles. The molecule has 2 aromatic rings. The smallest absolute Gasteiger partial charge is 0.335 e. The number of fused-ring (bicyclic) bond motifs is 1. The summed E-state index contributed by atoms with van der Waals surface area (Å²) in [7, 11) is 0. The highest BCUT2D eigenvalue weighted by atomic mass is 16.4. The lowest BCUT2D eigenvalue weighted by atomic mass is 9.86. The predicted octanol–water partition coefficient (Wildman–Crippen LogP) is 4.31. The Hall–Kier alpha value is -2.86. The SMILES string of the molecule is [C-]#[N+]c1cccc(C2=CCCc3ccc(C(=O)O)cc32)c1. The molecule has 0 saturated carbocycles. The van der Waals surface area contributed by atoms with Crippen LogP contribution >= 0.6 is 0 Å². The first kappa shape index (κ1) is 13.1. The van der Waals surface area contributed by atoms with Crippen LogP contribution in [0.4, 0.5) is 5.69 Å². The first-order chi connectivity index (χ1) is 10.2. The van der Waals surface area contributed by atoms with Crippen LogP contribution in [-0.4, -0.2) is 11.1 Å². The molecule has 0 aliphatic heterocycles. The van der Waals surface area contributed by atoms with E-state index in [1.807, 2.05) is 24.3 Å². The highest BCUT2D eigenvalue weighted by Gasteiger charge is 2.16. The lowest BCUT2D eigenvalue weighted by Gasteiger charge is -2.19. The Kier molecular flexibility index (Phi) is 3.29. The Balaban J connectivity index is 2.13. The van der Waals surface area contributed by atoms with Crippen LogP contribution < -0.4 is 0 Å². The van der Waals surface area contributed by atoms with Crippen molar-refractivity contribution in [1.29, 1.82) is 0 Å². The second-order valence-corrected chi connectivity index (χ2v) is 5.00. The highest BCUT2D eigenvalue weighted by molar-refractivity contribution is 5.91. The van der Waals surface area contributed by atoms with Crippen molar-refractivity contribution in [1.82, 2.24) is 0 Å². The topological polar surface area (TPSA) is 41.7 Å². The molecule has 21 heavy (non-hydrogen) atoms. The minimum absolute atomic E-state index is 0.294. The van der Waals surface area contributed by atoms with Gasteiger partial charge in [0.2, 0.25) is 0 Å². The van der Waals surface area contributed by atoms with Crippen LogP contribution in [0.2, 0.25) is 0 Å². The van der Waals surface area contributed by atoms with Crippen LogP contribution in [0, 0.1) is 6.57 Å². The standard InChI is InChI=1S/C18H13NO2/c1-19-15-6-2-5-13(10-15)16-7-3-4-12-8-9-14(18(20)21)11-17(12)16/h2,5-11H,3-4H2,(H,20,21). The molecule has 3 rings (SSSR count).